The van der Waals surface area contributed by atoms with Crippen molar-refractivity contribution in [2.45, 2.75) is 0 Å². The molecule has 0 saturated carbocycles. The molecule has 1 amide bonds. The SMILES string of the molecule is CN(C)C(=O)c1ccc(-c2cc(Nc3ncnc(Cl)c3N)c(N)cc2F)cc1. The van der Waals surface area contributed by atoms with Crippen LogP contribution < -0.4 is 16.8 Å². The van der Waals surface area contributed by atoms with Crippen LogP contribution >= 0.6 is 11.6 Å². The highest BCUT2D eigenvalue weighted by Gasteiger charge is 2.14. The van der Waals surface area contributed by atoms with Crippen LogP contribution in [-0.2, 0) is 0 Å². The van der Waals surface area contributed by atoms with E-state index in [0.29, 0.717) is 22.4 Å². The van der Waals surface area contributed by atoms with Crippen molar-refractivity contribution >= 4 is 40.4 Å². The fraction of sp³-hybridized carbons (Fsp3) is 0.105. The maximum Gasteiger partial charge on any atom is 0.253 e. The molecule has 0 aliphatic carbocycles. The quantitative estimate of drug-likeness (QED) is 0.456. The van der Waals surface area contributed by atoms with Gasteiger partial charge in [0, 0.05) is 25.2 Å². The molecule has 0 bridgehead atoms. The molecule has 1 aromatic heterocycles. The average Bonchev–Trinajstić information content (AvgIpc) is 2.67. The van der Waals surface area contributed by atoms with E-state index in [1.54, 1.807) is 44.4 Å². The van der Waals surface area contributed by atoms with Crippen molar-refractivity contribution in [3.8, 4) is 11.1 Å². The smallest absolute Gasteiger partial charge is 0.253 e. The molecule has 0 aliphatic rings. The van der Waals surface area contributed by atoms with E-state index in [0.717, 1.165) is 0 Å². The van der Waals surface area contributed by atoms with Gasteiger partial charge in [0.1, 0.15) is 17.8 Å². The lowest BCUT2D eigenvalue weighted by atomic mass is 10.0. The van der Waals surface area contributed by atoms with Crippen LogP contribution in [0.3, 0.4) is 0 Å². The third-order valence-corrected chi connectivity index (χ3v) is 4.38. The van der Waals surface area contributed by atoms with Crippen molar-refractivity contribution in [1.82, 2.24) is 14.9 Å². The molecule has 0 aliphatic heterocycles. The minimum Gasteiger partial charge on any atom is -0.397 e. The number of aromatic nitrogens is 2. The molecule has 0 atom stereocenters. The minimum atomic E-state index is -0.497. The van der Waals surface area contributed by atoms with Crippen molar-refractivity contribution in [2.24, 2.45) is 0 Å². The van der Waals surface area contributed by atoms with Gasteiger partial charge in [-0.2, -0.15) is 0 Å². The maximum atomic E-state index is 14.5. The predicted octanol–water partition coefficient (Wildman–Crippen LogP) is 3.55. The fourth-order valence-corrected chi connectivity index (χ4v) is 2.70. The number of hydrogen-bond acceptors (Lipinski definition) is 6. The van der Waals surface area contributed by atoms with Crippen molar-refractivity contribution in [3.05, 3.63) is 59.3 Å². The molecular formula is C19H18ClFN6O. The maximum absolute atomic E-state index is 14.5. The number of carbonyl (C=O) groups is 1. The summed E-state index contributed by atoms with van der Waals surface area (Å²) in [6.07, 6.45) is 1.25. The fourth-order valence-electron chi connectivity index (χ4n) is 2.57. The van der Waals surface area contributed by atoms with E-state index in [-0.39, 0.29) is 28.3 Å². The van der Waals surface area contributed by atoms with E-state index >= 15 is 0 Å². The first kappa shape index (κ1) is 19.4. The summed E-state index contributed by atoms with van der Waals surface area (Å²) >= 11 is 5.90. The summed E-state index contributed by atoms with van der Waals surface area (Å²) in [5, 5.41) is 3.05. The Morgan fingerprint density at radius 1 is 1.14 bits per heavy atom. The first-order valence-corrected chi connectivity index (χ1v) is 8.60. The molecule has 7 nitrogen and oxygen atoms in total. The lowest BCUT2D eigenvalue weighted by Gasteiger charge is -2.14. The van der Waals surface area contributed by atoms with Gasteiger partial charge in [0.15, 0.2) is 11.0 Å². The number of halogens is 2. The Balaban J connectivity index is 1.98. The van der Waals surface area contributed by atoms with E-state index in [4.69, 9.17) is 23.1 Å². The first-order valence-electron chi connectivity index (χ1n) is 8.22. The van der Waals surface area contributed by atoms with Gasteiger partial charge in [0.25, 0.3) is 5.91 Å². The number of amides is 1. The highest BCUT2D eigenvalue weighted by Crippen LogP contribution is 2.34. The van der Waals surface area contributed by atoms with Crippen LogP contribution in [0.25, 0.3) is 11.1 Å². The van der Waals surface area contributed by atoms with Gasteiger partial charge in [-0.25, -0.2) is 14.4 Å². The van der Waals surface area contributed by atoms with Gasteiger partial charge in [0.2, 0.25) is 0 Å². The van der Waals surface area contributed by atoms with Gasteiger partial charge in [-0.15, -0.1) is 0 Å². The van der Waals surface area contributed by atoms with Crippen molar-refractivity contribution in [2.75, 3.05) is 30.9 Å². The Morgan fingerprint density at radius 2 is 1.82 bits per heavy atom. The van der Waals surface area contributed by atoms with Gasteiger partial charge in [0.05, 0.1) is 11.4 Å². The number of rotatable bonds is 4. The van der Waals surface area contributed by atoms with Crippen molar-refractivity contribution in [3.63, 3.8) is 0 Å². The van der Waals surface area contributed by atoms with E-state index in [1.807, 2.05) is 0 Å². The highest BCUT2D eigenvalue weighted by molar-refractivity contribution is 6.32. The molecule has 28 heavy (non-hydrogen) atoms. The van der Waals surface area contributed by atoms with Crippen LogP contribution in [0.15, 0.2) is 42.7 Å². The Bertz CT molecular complexity index is 1040. The van der Waals surface area contributed by atoms with Crippen molar-refractivity contribution < 1.29 is 9.18 Å². The van der Waals surface area contributed by atoms with Crippen LogP contribution in [0.5, 0.6) is 0 Å². The number of nitrogens with two attached hydrogens (primary N) is 2. The highest BCUT2D eigenvalue weighted by atomic mass is 35.5. The minimum absolute atomic E-state index is 0.0968. The third-order valence-electron chi connectivity index (χ3n) is 4.08. The van der Waals surface area contributed by atoms with Crippen LogP contribution in [-0.4, -0.2) is 34.9 Å². The molecule has 1 heterocycles. The first-order chi connectivity index (χ1) is 13.3. The van der Waals surface area contributed by atoms with Crippen LogP contribution in [0, 0.1) is 5.82 Å². The predicted molar refractivity (Wildman–Crippen MR) is 109 cm³/mol. The Morgan fingerprint density at radius 3 is 2.46 bits per heavy atom. The number of nitrogens with zero attached hydrogens (tertiary/aromatic N) is 3. The van der Waals surface area contributed by atoms with Gasteiger partial charge >= 0.3 is 0 Å². The van der Waals surface area contributed by atoms with E-state index in [1.165, 1.54) is 17.3 Å². The summed E-state index contributed by atoms with van der Waals surface area (Å²) in [6, 6.07) is 9.37. The lowest BCUT2D eigenvalue weighted by Crippen LogP contribution is -2.21. The number of hydrogen-bond donors (Lipinski definition) is 3. The molecule has 2 aromatic carbocycles. The van der Waals surface area contributed by atoms with Crippen molar-refractivity contribution in [1.29, 1.82) is 0 Å². The second kappa shape index (κ2) is 7.69. The molecule has 0 unspecified atom stereocenters. The summed E-state index contributed by atoms with van der Waals surface area (Å²) in [5.74, 6) is -0.373. The molecule has 0 fully saturated rings. The monoisotopic (exact) mass is 400 g/mol. The summed E-state index contributed by atoms with van der Waals surface area (Å²) in [4.78, 5) is 21.3. The summed E-state index contributed by atoms with van der Waals surface area (Å²) in [6.45, 7) is 0. The molecule has 144 valence electrons. The molecule has 5 N–H and O–H groups in total. The number of anilines is 4. The molecular weight excluding hydrogens is 383 g/mol. The van der Waals surface area contributed by atoms with Gasteiger partial charge in [-0.1, -0.05) is 23.7 Å². The number of benzene rings is 2. The van der Waals surface area contributed by atoms with Gasteiger partial charge in [-0.3, -0.25) is 4.79 Å². The largest absolute Gasteiger partial charge is 0.397 e. The zero-order chi connectivity index (χ0) is 20.4. The summed E-state index contributed by atoms with van der Waals surface area (Å²) in [5.41, 5.74) is 13.9. The Labute approximate surface area is 166 Å². The molecule has 0 spiro atoms. The standard InChI is InChI=1S/C19H18ClFN6O/c1-27(2)19(28)11-5-3-10(4-6-11)12-7-15(14(22)8-13(12)21)26-18-16(23)17(20)24-9-25-18/h3-9H,22-23H2,1-2H3,(H,24,25,26). The van der Waals surface area contributed by atoms with E-state index in [2.05, 4.69) is 15.3 Å². The van der Waals surface area contributed by atoms with Crippen LogP contribution in [0.2, 0.25) is 5.15 Å². The number of nitrogens with one attached hydrogen (secondary N) is 1. The van der Waals surface area contributed by atoms with E-state index in [9.17, 15) is 9.18 Å². The molecule has 0 saturated heterocycles. The lowest BCUT2D eigenvalue weighted by molar-refractivity contribution is 0.0827. The second-order valence-electron chi connectivity index (χ2n) is 6.25. The third kappa shape index (κ3) is 3.81. The van der Waals surface area contributed by atoms with E-state index < -0.39 is 5.82 Å². The number of carbonyl (C=O) groups excluding carboxylic acids is 1. The Hall–Kier alpha value is -3.39. The normalized spacial score (nSPS) is 10.6. The summed E-state index contributed by atoms with van der Waals surface area (Å²) < 4.78 is 14.5. The Kier molecular flexibility index (Phi) is 5.32. The zero-order valence-electron chi connectivity index (χ0n) is 15.2. The molecule has 9 heteroatoms. The molecule has 3 rings (SSSR count). The van der Waals surface area contributed by atoms with Crippen LogP contribution in [0.4, 0.5) is 27.3 Å². The van der Waals surface area contributed by atoms with Gasteiger partial charge < -0.3 is 21.7 Å². The second-order valence-corrected chi connectivity index (χ2v) is 6.61. The van der Waals surface area contributed by atoms with Crippen LogP contribution in [0.1, 0.15) is 10.4 Å². The molecule has 0 radical (unpaired) electrons. The zero-order valence-corrected chi connectivity index (χ0v) is 16.0. The topological polar surface area (TPSA) is 110 Å². The molecule has 3 aromatic rings. The summed E-state index contributed by atoms with van der Waals surface area (Å²) in [7, 11) is 3.33. The average molecular weight is 401 g/mol. The number of nitrogen functional groups attached to an aromatic ring is 2. The van der Waals surface area contributed by atoms with Gasteiger partial charge in [-0.05, 0) is 29.8 Å².